The molecule has 0 unspecified atom stereocenters. The van der Waals surface area contributed by atoms with Crippen molar-refractivity contribution in [2.45, 2.75) is 18.1 Å². The Balaban J connectivity index is 2.36. The second-order valence-corrected chi connectivity index (χ2v) is 6.73. The first-order valence-electron chi connectivity index (χ1n) is 7.39. The molecule has 0 bridgehead atoms. The van der Waals surface area contributed by atoms with Crippen LogP contribution in [0, 0.1) is 11.5 Å². The van der Waals surface area contributed by atoms with E-state index in [-0.39, 0.29) is 17.0 Å². The Morgan fingerprint density at radius 1 is 1.00 bits per heavy atom. The Morgan fingerprint density at radius 2 is 1.54 bits per heavy atom. The molecule has 0 fully saturated rings. The molecule has 0 amide bonds. The highest BCUT2D eigenvalue weighted by atomic mass is 35.5. The minimum absolute atomic E-state index is 0.0112. The van der Waals surface area contributed by atoms with Gasteiger partial charge in [0, 0.05) is 10.8 Å². The predicted octanol–water partition coefficient (Wildman–Crippen LogP) is 6.37. The van der Waals surface area contributed by atoms with E-state index in [4.69, 9.17) is 16.9 Å². The van der Waals surface area contributed by atoms with E-state index in [0.29, 0.717) is 17.2 Å². The molecule has 0 saturated carbocycles. The van der Waals surface area contributed by atoms with Gasteiger partial charge in [-0.05, 0) is 35.9 Å². The zero-order chi connectivity index (χ0) is 20.9. The summed E-state index contributed by atoms with van der Waals surface area (Å²) in [6, 6.07) is 7.59. The molecule has 28 heavy (non-hydrogen) atoms. The van der Waals surface area contributed by atoms with Gasteiger partial charge in [0.05, 0.1) is 16.8 Å². The highest BCUT2D eigenvalue weighted by Gasteiger charge is 2.37. The summed E-state index contributed by atoms with van der Waals surface area (Å²) in [7, 11) is 0. The fourth-order valence-electron chi connectivity index (χ4n) is 2.00. The quantitative estimate of drug-likeness (QED) is 0.199. The first-order valence-corrected chi connectivity index (χ1v) is 8.76. The third-order valence-electron chi connectivity index (χ3n) is 3.25. The van der Waals surface area contributed by atoms with Crippen molar-refractivity contribution in [2.75, 3.05) is 0 Å². The molecule has 0 aliphatic rings. The van der Waals surface area contributed by atoms with E-state index < -0.39 is 29.2 Å². The number of nitrogens with zero attached hydrogens (tertiary/aromatic N) is 2. The maximum atomic E-state index is 12.9. The molecule has 0 saturated heterocycles. The van der Waals surface area contributed by atoms with E-state index in [1.807, 2.05) is 0 Å². The fraction of sp³-hybridized carbons (Fsp3) is 0.176. The molecule has 2 rings (SSSR count). The van der Waals surface area contributed by atoms with Gasteiger partial charge in [0.25, 0.3) is 0 Å². The molecule has 3 nitrogen and oxygen atoms in total. The summed E-state index contributed by atoms with van der Waals surface area (Å²) in [6.07, 6.45) is -8.41. The van der Waals surface area contributed by atoms with Gasteiger partial charge in [0.2, 0.25) is 0 Å². The van der Waals surface area contributed by atoms with Crippen LogP contribution in [0.25, 0.3) is 0 Å². The van der Waals surface area contributed by atoms with Crippen molar-refractivity contribution < 1.29 is 26.3 Å². The van der Waals surface area contributed by atoms with Crippen molar-refractivity contribution in [2.24, 2.45) is 4.99 Å². The van der Waals surface area contributed by atoms with E-state index >= 15 is 0 Å². The summed E-state index contributed by atoms with van der Waals surface area (Å²) < 4.78 is 77.5. The monoisotopic (exact) mass is 437 g/mol. The zero-order valence-electron chi connectivity index (χ0n) is 13.7. The second-order valence-electron chi connectivity index (χ2n) is 5.33. The smallest absolute Gasteiger partial charge is 0.271 e. The average molecular weight is 438 g/mol. The SMILES string of the molecule is N#CNC(=Nc1cc(C(F)(F)F)cc(C(F)(F)F)c1)SCc1ccc(Cl)cc1. The molecule has 2 aromatic rings. The predicted molar refractivity (Wildman–Crippen MR) is 95.0 cm³/mol. The van der Waals surface area contributed by atoms with E-state index in [1.165, 1.54) is 0 Å². The molecule has 0 aromatic heterocycles. The fourth-order valence-corrected chi connectivity index (χ4v) is 2.91. The number of aliphatic imine (C=N–C) groups is 1. The van der Waals surface area contributed by atoms with Gasteiger partial charge in [-0.3, -0.25) is 5.32 Å². The van der Waals surface area contributed by atoms with E-state index in [0.717, 1.165) is 17.3 Å². The van der Waals surface area contributed by atoms with E-state index in [1.54, 1.807) is 30.5 Å². The van der Waals surface area contributed by atoms with Crippen LogP contribution in [0.2, 0.25) is 5.02 Å². The summed E-state index contributed by atoms with van der Waals surface area (Å²) in [6.45, 7) is 0. The van der Waals surface area contributed by atoms with Crippen LogP contribution in [0.15, 0.2) is 47.5 Å². The lowest BCUT2D eigenvalue weighted by Gasteiger charge is -2.13. The summed E-state index contributed by atoms with van der Waals surface area (Å²) in [5.41, 5.74) is -2.79. The number of thioether (sulfide) groups is 1. The number of hydrogen-bond donors (Lipinski definition) is 1. The topological polar surface area (TPSA) is 48.2 Å². The number of rotatable bonds is 3. The van der Waals surface area contributed by atoms with Crippen molar-refractivity contribution in [3.8, 4) is 6.19 Å². The molecule has 2 aromatic carbocycles. The minimum atomic E-state index is -4.98. The van der Waals surface area contributed by atoms with Gasteiger partial charge in [-0.25, -0.2) is 4.99 Å². The van der Waals surface area contributed by atoms with Crippen molar-refractivity contribution in [3.63, 3.8) is 0 Å². The molecular weight excluding hydrogens is 428 g/mol. The van der Waals surface area contributed by atoms with Crippen LogP contribution in [-0.2, 0) is 18.1 Å². The van der Waals surface area contributed by atoms with Gasteiger partial charge in [-0.2, -0.15) is 31.6 Å². The van der Waals surface area contributed by atoms with Crippen LogP contribution in [0.4, 0.5) is 32.0 Å². The number of nitrogens with one attached hydrogen (secondary N) is 1. The van der Waals surface area contributed by atoms with Crippen LogP contribution in [0.1, 0.15) is 16.7 Å². The minimum Gasteiger partial charge on any atom is -0.271 e. The zero-order valence-corrected chi connectivity index (χ0v) is 15.3. The summed E-state index contributed by atoms with van der Waals surface area (Å²) in [4.78, 5) is 3.75. The summed E-state index contributed by atoms with van der Waals surface area (Å²) in [5, 5.41) is 11.3. The molecule has 0 aliphatic heterocycles. The number of benzene rings is 2. The Morgan fingerprint density at radius 3 is 2.00 bits per heavy atom. The first kappa shape index (κ1) is 21.9. The van der Waals surface area contributed by atoms with Crippen molar-refractivity contribution in [1.29, 1.82) is 5.26 Å². The van der Waals surface area contributed by atoms with Gasteiger partial charge < -0.3 is 0 Å². The average Bonchev–Trinajstić information content (AvgIpc) is 2.59. The van der Waals surface area contributed by atoms with Crippen LogP contribution in [0.3, 0.4) is 0 Å². The van der Waals surface area contributed by atoms with Gasteiger partial charge in [-0.15, -0.1) is 0 Å². The standard InChI is InChI=1S/C17H10ClF6N3S/c18-13-3-1-10(2-4-13)8-28-15(26-9-25)27-14-6-11(16(19,20)21)5-12(7-14)17(22,23)24/h1-7H,8H2,(H,26,27). The van der Waals surface area contributed by atoms with Crippen molar-refractivity contribution in [3.05, 3.63) is 64.2 Å². The number of amidine groups is 1. The molecule has 0 radical (unpaired) electrons. The lowest BCUT2D eigenvalue weighted by atomic mass is 10.1. The molecule has 0 atom stereocenters. The number of hydrogen-bond acceptors (Lipinski definition) is 3. The Kier molecular flexibility index (Phi) is 6.85. The summed E-state index contributed by atoms with van der Waals surface area (Å²) in [5.74, 6) is 0.260. The Bertz CT molecular complexity index is 869. The first-order chi connectivity index (χ1) is 13.0. The largest absolute Gasteiger partial charge is 0.416 e. The Hall–Kier alpha value is -2.38. The third-order valence-corrected chi connectivity index (χ3v) is 4.45. The molecule has 11 heteroatoms. The summed E-state index contributed by atoms with van der Waals surface area (Å²) >= 11 is 6.70. The lowest BCUT2D eigenvalue weighted by molar-refractivity contribution is -0.143. The highest BCUT2D eigenvalue weighted by molar-refractivity contribution is 8.13. The molecule has 148 valence electrons. The highest BCUT2D eigenvalue weighted by Crippen LogP contribution is 2.38. The lowest BCUT2D eigenvalue weighted by Crippen LogP contribution is -2.14. The van der Waals surface area contributed by atoms with Gasteiger partial charge >= 0.3 is 12.4 Å². The maximum absolute atomic E-state index is 12.9. The molecule has 0 aliphatic carbocycles. The van der Waals surface area contributed by atoms with E-state index in [9.17, 15) is 26.3 Å². The number of alkyl halides is 6. The van der Waals surface area contributed by atoms with Crippen molar-refractivity contribution in [1.82, 2.24) is 5.32 Å². The molecule has 0 heterocycles. The van der Waals surface area contributed by atoms with E-state index in [2.05, 4.69) is 10.3 Å². The van der Waals surface area contributed by atoms with Crippen LogP contribution in [0.5, 0.6) is 0 Å². The Labute approximate surface area is 165 Å². The number of halogens is 7. The van der Waals surface area contributed by atoms with Crippen LogP contribution < -0.4 is 5.32 Å². The second kappa shape index (κ2) is 8.75. The maximum Gasteiger partial charge on any atom is 0.416 e. The van der Waals surface area contributed by atoms with Crippen molar-refractivity contribution >= 4 is 34.2 Å². The van der Waals surface area contributed by atoms with Gasteiger partial charge in [0.1, 0.15) is 0 Å². The van der Waals surface area contributed by atoms with Gasteiger partial charge in [-0.1, -0.05) is 35.5 Å². The molecule has 1 N–H and O–H groups in total. The third kappa shape index (κ3) is 6.35. The molecule has 0 spiro atoms. The van der Waals surface area contributed by atoms with Gasteiger partial charge in [0.15, 0.2) is 11.4 Å². The van der Waals surface area contributed by atoms with Crippen LogP contribution >= 0.6 is 23.4 Å². The number of nitriles is 1. The molecular formula is C17H10ClF6N3S. The normalized spacial score (nSPS) is 12.6. The van der Waals surface area contributed by atoms with Crippen LogP contribution in [-0.4, -0.2) is 5.17 Å².